The fourth-order valence-corrected chi connectivity index (χ4v) is 0.914. The Balaban J connectivity index is 2.55. The summed E-state index contributed by atoms with van der Waals surface area (Å²) in [6.45, 7) is 4.44. The lowest BCUT2D eigenvalue weighted by molar-refractivity contribution is 0.645. The van der Waals surface area contributed by atoms with Crippen molar-refractivity contribution in [1.82, 2.24) is 31.4 Å². The number of hydrogen-bond acceptors (Lipinski definition) is 5. The lowest BCUT2D eigenvalue weighted by Crippen LogP contribution is -2.43. The highest BCUT2D eigenvalue weighted by Crippen LogP contribution is 2.01. The van der Waals surface area contributed by atoms with Gasteiger partial charge in [0.2, 0.25) is 5.96 Å². The first-order valence-corrected chi connectivity index (χ1v) is 4.28. The van der Waals surface area contributed by atoms with Gasteiger partial charge in [0.25, 0.3) is 0 Å². The first-order chi connectivity index (χ1) is 6.77. The first kappa shape index (κ1) is 10.4. The second-order valence-corrected chi connectivity index (χ2v) is 2.60. The third-order valence-corrected chi connectivity index (χ3v) is 1.56. The van der Waals surface area contributed by atoms with Crippen LogP contribution in [0.2, 0.25) is 0 Å². The van der Waals surface area contributed by atoms with Gasteiger partial charge in [-0.2, -0.15) is 5.21 Å². The molecular weight excluding hydrogens is 184 g/mol. The maximum atomic E-state index is 5.25. The molecule has 5 N–H and O–H groups in total. The van der Waals surface area contributed by atoms with Crippen LogP contribution in [-0.2, 0) is 0 Å². The quantitative estimate of drug-likeness (QED) is 0.207. The molecule has 0 aliphatic rings. The Hall–Kier alpha value is -1.70. The number of aromatic amines is 1. The number of aromatic nitrogens is 4. The van der Waals surface area contributed by atoms with Crippen LogP contribution in [-0.4, -0.2) is 33.1 Å². The lowest BCUT2D eigenvalue weighted by atomic mass is 10.3. The highest BCUT2D eigenvalue weighted by Gasteiger charge is 2.10. The number of guanidine groups is 1. The minimum absolute atomic E-state index is 0.102. The van der Waals surface area contributed by atoms with E-state index in [4.69, 9.17) is 5.84 Å². The van der Waals surface area contributed by atoms with Crippen molar-refractivity contribution in [3.05, 3.63) is 5.82 Å². The van der Waals surface area contributed by atoms with Gasteiger partial charge in [0.15, 0.2) is 5.82 Å². The van der Waals surface area contributed by atoms with Gasteiger partial charge < -0.3 is 5.32 Å². The zero-order valence-electron chi connectivity index (χ0n) is 8.15. The van der Waals surface area contributed by atoms with Gasteiger partial charge in [-0.1, -0.05) is 5.21 Å². The van der Waals surface area contributed by atoms with E-state index in [-0.39, 0.29) is 6.04 Å². The van der Waals surface area contributed by atoms with Crippen LogP contribution in [0, 0.1) is 0 Å². The summed E-state index contributed by atoms with van der Waals surface area (Å²) in [4.78, 5) is 4.08. The third-order valence-electron chi connectivity index (χ3n) is 1.56. The van der Waals surface area contributed by atoms with E-state index < -0.39 is 0 Å². The highest BCUT2D eigenvalue weighted by molar-refractivity contribution is 5.79. The summed E-state index contributed by atoms with van der Waals surface area (Å²) in [7, 11) is 0. The number of nitrogens with two attached hydrogens (primary N) is 1. The zero-order valence-corrected chi connectivity index (χ0v) is 8.15. The van der Waals surface area contributed by atoms with E-state index in [2.05, 4.69) is 36.4 Å². The molecule has 0 aliphatic heterocycles. The maximum absolute atomic E-state index is 5.25. The molecule has 1 heterocycles. The number of nitrogens with zero attached hydrogens (tertiary/aromatic N) is 4. The van der Waals surface area contributed by atoms with Crippen LogP contribution in [0.5, 0.6) is 0 Å². The third kappa shape index (κ3) is 2.66. The van der Waals surface area contributed by atoms with Crippen LogP contribution >= 0.6 is 0 Å². The molecule has 1 aromatic heterocycles. The summed E-state index contributed by atoms with van der Waals surface area (Å²) < 4.78 is 0. The van der Waals surface area contributed by atoms with Crippen molar-refractivity contribution in [1.29, 1.82) is 0 Å². The summed E-state index contributed by atoms with van der Waals surface area (Å²) in [6, 6.07) is -0.102. The minimum atomic E-state index is -0.102. The van der Waals surface area contributed by atoms with Crippen molar-refractivity contribution in [2.75, 3.05) is 6.54 Å². The Morgan fingerprint density at radius 3 is 3.00 bits per heavy atom. The summed E-state index contributed by atoms with van der Waals surface area (Å²) >= 11 is 0. The molecule has 0 radical (unpaired) electrons. The predicted octanol–water partition coefficient (Wildman–Crippen LogP) is -1.31. The molecule has 1 unspecified atom stereocenters. The van der Waals surface area contributed by atoms with Gasteiger partial charge in [-0.05, 0) is 13.8 Å². The molecule has 0 aliphatic carbocycles. The second kappa shape index (κ2) is 5.12. The first-order valence-electron chi connectivity index (χ1n) is 4.28. The fraction of sp³-hybridized carbons (Fsp3) is 0.667. The molecule has 0 saturated heterocycles. The molecule has 14 heavy (non-hydrogen) atoms. The maximum Gasteiger partial charge on any atom is 0.206 e. The highest BCUT2D eigenvalue weighted by atomic mass is 15.5. The Morgan fingerprint density at radius 2 is 2.50 bits per heavy atom. The molecule has 8 heteroatoms. The number of hydrazine groups is 1. The molecule has 0 spiro atoms. The van der Waals surface area contributed by atoms with Gasteiger partial charge in [0.1, 0.15) is 0 Å². The van der Waals surface area contributed by atoms with Crippen LogP contribution in [0.1, 0.15) is 25.7 Å². The molecule has 0 saturated carbocycles. The van der Waals surface area contributed by atoms with Crippen molar-refractivity contribution < 1.29 is 0 Å². The topological polar surface area (TPSA) is 117 Å². The van der Waals surface area contributed by atoms with Crippen LogP contribution in [0.25, 0.3) is 0 Å². The largest absolute Gasteiger partial charge is 0.345 e. The summed E-state index contributed by atoms with van der Waals surface area (Å²) in [6.07, 6.45) is 0. The molecule has 0 amide bonds. The van der Waals surface area contributed by atoms with Crippen molar-refractivity contribution in [3.63, 3.8) is 0 Å². The monoisotopic (exact) mass is 198 g/mol. The van der Waals surface area contributed by atoms with E-state index in [1.165, 1.54) is 0 Å². The molecule has 1 aromatic rings. The fourth-order valence-electron chi connectivity index (χ4n) is 0.914. The molecule has 8 nitrogen and oxygen atoms in total. The zero-order chi connectivity index (χ0) is 10.4. The Morgan fingerprint density at radius 1 is 1.71 bits per heavy atom. The van der Waals surface area contributed by atoms with Crippen molar-refractivity contribution in [3.8, 4) is 0 Å². The minimum Gasteiger partial charge on any atom is -0.345 e. The number of H-pyrrole nitrogens is 1. The van der Waals surface area contributed by atoms with E-state index in [9.17, 15) is 0 Å². The van der Waals surface area contributed by atoms with Gasteiger partial charge >= 0.3 is 0 Å². The van der Waals surface area contributed by atoms with Crippen LogP contribution in [0.3, 0.4) is 0 Å². The van der Waals surface area contributed by atoms with Gasteiger partial charge in [-0.25, -0.2) is 5.84 Å². The average molecular weight is 198 g/mol. The summed E-state index contributed by atoms with van der Waals surface area (Å²) in [5.74, 6) is 6.32. The van der Waals surface area contributed by atoms with Gasteiger partial charge in [0, 0.05) is 6.54 Å². The molecule has 78 valence electrons. The van der Waals surface area contributed by atoms with Crippen LogP contribution < -0.4 is 16.6 Å². The Labute approximate surface area is 81.3 Å². The van der Waals surface area contributed by atoms with Crippen molar-refractivity contribution in [2.45, 2.75) is 19.9 Å². The number of hydrogen-bond donors (Lipinski definition) is 4. The van der Waals surface area contributed by atoms with Crippen LogP contribution in [0.15, 0.2) is 4.99 Å². The molecular formula is C6H14N8. The molecule has 0 aromatic carbocycles. The number of rotatable bonds is 3. The molecule has 0 fully saturated rings. The average Bonchev–Trinajstić information content (AvgIpc) is 2.69. The SMILES string of the molecule is CCN=C(NN)NC(C)c1nn[nH]n1. The van der Waals surface area contributed by atoms with E-state index in [0.717, 1.165) is 0 Å². The van der Waals surface area contributed by atoms with Gasteiger partial charge in [-0.3, -0.25) is 10.4 Å². The van der Waals surface area contributed by atoms with Crippen LogP contribution in [0.4, 0.5) is 0 Å². The molecule has 1 atom stereocenters. The Kier molecular flexibility index (Phi) is 3.80. The molecule has 0 bridgehead atoms. The van der Waals surface area contributed by atoms with Crippen molar-refractivity contribution in [2.24, 2.45) is 10.8 Å². The molecule has 1 rings (SSSR count). The normalized spacial score (nSPS) is 13.8. The van der Waals surface area contributed by atoms with E-state index in [1.807, 2.05) is 13.8 Å². The van der Waals surface area contributed by atoms with Gasteiger partial charge in [-0.15, -0.1) is 10.2 Å². The predicted molar refractivity (Wildman–Crippen MR) is 51.0 cm³/mol. The van der Waals surface area contributed by atoms with Crippen molar-refractivity contribution >= 4 is 5.96 Å². The van der Waals surface area contributed by atoms with E-state index in [0.29, 0.717) is 18.3 Å². The second-order valence-electron chi connectivity index (χ2n) is 2.60. The lowest BCUT2D eigenvalue weighted by Gasteiger charge is -2.12. The number of aliphatic imine (C=N–C) groups is 1. The number of nitrogens with one attached hydrogen (secondary N) is 3. The van der Waals surface area contributed by atoms with E-state index in [1.54, 1.807) is 0 Å². The smallest absolute Gasteiger partial charge is 0.206 e. The Bertz CT molecular complexity index is 278. The number of tetrazole rings is 1. The summed E-state index contributed by atoms with van der Waals surface area (Å²) in [5.41, 5.74) is 2.45. The standard InChI is InChI=1S/C6H14N8/c1-3-8-6(10-7)9-4(2)5-11-13-14-12-5/h4H,3,7H2,1-2H3,(H2,8,9,10)(H,11,12,13,14). The summed E-state index contributed by atoms with van der Waals surface area (Å²) in [5, 5.41) is 16.5. The van der Waals surface area contributed by atoms with Gasteiger partial charge in [0.05, 0.1) is 6.04 Å². The van der Waals surface area contributed by atoms with E-state index >= 15 is 0 Å².